The van der Waals surface area contributed by atoms with Crippen molar-refractivity contribution in [1.29, 1.82) is 0 Å². The zero-order valence-electron chi connectivity index (χ0n) is 9.44. The third-order valence-electron chi connectivity index (χ3n) is 3.32. The molecule has 0 saturated heterocycles. The molecule has 2 N–H and O–H groups in total. The maximum atomic E-state index is 11.8. The van der Waals surface area contributed by atoms with Crippen molar-refractivity contribution in [2.24, 2.45) is 0 Å². The average molecular weight is 230 g/mol. The minimum Gasteiger partial charge on any atom is -0.506 e. The van der Waals surface area contributed by atoms with Crippen molar-refractivity contribution in [1.82, 2.24) is 9.78 Å². The molecule has 0 amide bonds. The Kier molecular flexibility index (Phi) is 2.28. The van der Waals surface area contributed by atoms with Crippen LogP contribution in [0.25, 0.3) is 5.69 Å². The molecule has 1 aliphatic rings. The summed E-state index contributed by atoms with van der Waals surface area (Å²) in [6.45, 7) is 0. The molecule has 0 atom stereocenters. The number of hydrogen-bond donors (Lipinski definition) is 2. The molecular formula is C13H14N2O2. The van der Waals surface area contributed by atoms with E-state index in [4.69, 9.17) is 0 Å². The molecule has 2 aromatic rings. The topological polar surface area (TPSA) is 58.0 Å². The summed E-state index contributed by atoms with van der Waals surface area (Å²) in [5.74, 6) is 0.187. The summed E-state index contributed by atoms with van der Waals surface area (Å²) >= 11 is 0. The number of nitrogens with zero attached hydrogens (tertiary/aromatic N) is 1. The second-order valence-electron chi connectivity index (χ2n) is 4.40. The normalized spacial score (nSPS) is 14.6. The Bertz CT molecular complexity index is 610. The molecule has 17 heavy (non-hydrogen) atoms. The number of aromatic nitrogens is 2. The summed E-state index contributed by atoms with van der Waals surface area (Å²) in [6, 6.07) is 7.05. The number of aromatic amines is 1. The fraction of sp³-hybridized carbons (Fsp3) is 0.308. The number of hydrogen-bond acceptors (Lipinski definition) is 2. The third-order valence-corrected chi connectivity index (χ3v) is 3.32. The lowest BCUT2D eigenvalue weighted by molar-refractivity contribution is 0.469. The molecule has 0 bridgehead atoms. The van der Waals surface area contributed by atoms with Gasteiger partial charge in [-0.1, -0.05) is 12.1 Å². The van der Waals surface area contributed by atoms with Crippen molar-refractivity contribution >= 4 is 0 Å². The van der Waals surface area contributed by atoms with Gasteiger partial charge in [0.2, 0.25) is 0 Å². The highest BCUT2D eigenvalue weighted by atomic mass is 16.3. The van der Waals surface area contributed by atoms with E-state index in [9.17, 15) is 9.90 Å². The monoisotopic (exact) mass is 230 g/mol. The van der Waals surface area contributed by atoms with Gasteiger partial charge in [-0.3, -0.25) is 14.6 Å². The first-order valence-corrected chi connectivity index (χ1v) is 5.88. The Morgan fingerprint density at radius 1 is 1.18 bits per heavy atom. The molecule has 0 saturated carbocycles. The molecule has 3 rings (SSSR count). The van der Waals surface area contributed by atoms with Crippen LogP contribution in [-0.2, 0) is 12.8 Å². The molecule has 4 nitrogen and oxygen atoms in total. The smallest absolute Gasteiger partial charge is 0.267 e. The lowest BCUT2D eigenvalue weighted by atomic mass is 9.98. The second kappa shape index (κ2) is 3.80. The molecule has 1 heterocycles. The molecule has 0 aliphatic heterocycles. The fourth-order valence-electron chi connectivity index (χ4n) is 2.48. The molecular weight excluding hydrogens is 216 g/mol. The van der Waals surface area contributed by atoms with E-state index in [1.54, 1.807) is 22.9 Å². The molecule has 0 fully saturated rings. The summed E-state index contributed by atoms with van der Waals surface area (Å²) < 4.78 is 1.73. The number of nitrogens with one attached hydrogen (secondary N) is 1. The van der Waals surface area contributed by atoms with Gasteiger partial charge in [0, 0.05) is 11.3 Å². The molecule has 0 unspecified atom stereocenters. The van der Waals surface area contributed by atoms with Crippen LogP contribution in [0.15, 0.2) is 29.1 Å². The van der Waals surface area contributed by atoms with Crippen molar-refractivity contribution in [3.05, 3.63) is 45.9 Å². The van der Waals surface area contributed by atoms with Crippen molar-refractivity contribution in [2.45, 2.75) is 25.7 Å². The predicted octanol–water partition coefficient (Wildman–Crippen LogP) is 1.75. The van der Waals surface area contributed by atoms with Crippen LogP contribution in [0.3, 0.4) is 0 Å². The highest BCUT2D eigenvalue weighted by molar-refractivity contribution is 5.46. The van der Waals surface area contributed by atoms with Gasteiger partial charge in [-0.25, -0.2) is 0 Å². The summed E-state index contributed by atoms with van der Waals surface area (Å²) in [5, 5.41) is 12.6. The average Bonchev–Trinajstić information content (AvgIpc) is 2.68. The van der Waals surface area contributed by atoms with E-state index in [0.717, 1.165) is 36.9 Å². The predicted molar refractivity (Wildman–Crippen MR) is 64.7 cm³/mol. The summed E-state index contributed by atoms with van der Waals surface area (Å²) in [6.07, 6.45) is 3.90. The Morgan fingerprint density at radius 3 is 2.76 bits per heavy atom. The van der Waals surface area contributed by atoms with E-state index in [0.29, 0.717) is 5.69 Å². The van der Waals surface area contributed by atoms with Crippen LogP contribution in [-0.4, -0.2) is 14.9 Å². The van der Waals surface area contributed by atoms with Crippen LogP contribution < -0.4 is 5.56 Å². The Hall–Kier alpha value is -1.97. The van der Waals surface area contributed by atoms with Crippen LogP contribution in [0.1, 0.15) is 24.1 Å². The maximum absolute atomic E-state index is 11.8. The molecule has 1 aromatic heterocycles. The van der Waals surface area contributed by atoms with Gasteiger partial charge < -0.3 is 5.11 Å². The van der Waals surface area contributed by atoms with Gasteiger partial charge in [-0.05, 0) is 37.8 Å². The SMILES string of the molecule is O=c1[nH]n(-c2ccccc2O)c2c1CCCC2. The van der Waals surface area contributed by atoms with Crippen LogP contribution in [0.4, 0.5) is 0 Å². The van der Waals surface area contributed by atoms with Gasteiger partial charge in [0.15, 0.2) is 0 Å². The van der Waals surface area contributed by atoms with E-state index < -0.39 is 0 Å². The zero-order valence-corrected chi connectivity index (χ0v) is 9.44. The van der Waals surface area contributed by atoms with E-state index in [2.05, 4.69) is 5.10 Å². The van der Waals surface area contributed by atoms with Crippen molar-refractivity contribution < 1.29 is 5.11 Å². The summed E-state index contributed by atoms with van der Waals surface area (Å²) in [7, 11) is 0. The molecule has 1 aliphatic carbocycles. The Morgan fingerprint density at radius 2 is 1.94 bits per heavy atom. The first kappa shape index (κ1) is 10.2. The first-order valence-electron chi connectivity index (χ1n) is 5.88. The van der Waals surface area contributed by atoms with Crippen LogP contribution in [0, 0.1) is 0 Å². The molecule has 0 radical (unpaired) electrons. The van der Waals surface area contributed by atoms with Gasteiger partial charge >= 0.3 is 0 Å². The van der Waals surface area contributed by atoms with Crippen molar-refractivity contribution in [3.8, 4) is 11.4 Å². The fourth-order valence-corrected chi connectivity index (χ4v) is 2.48. The summed E-state index contributed by atoms with van der Waals surface area (Å²) in [5.41, 5.74) is 2.51. The number of aromatic hydroxyl groups is 1. The lowest BCUT2D eigenvalue weighted by Gasteiger charge is -2.14. The van der Waals surface area contributed by atoms with Crippen LogP contribution in [0.2, 0.25) is 0 Å². The minimum atomic E-state index is -0.0250. The van der Waals surface area contributed by atoms with Gasteiger partial charge in [-0.2, -0.15) is 0 Å². The van der Waals surface area contributed by atoms with E-state index in [1.165, 1.54) is 0 Å². The highest BCUT2D eigenvalue weighted by Crippen LogP contribution is 2.25. The maximum Gasteiger partial charge on any atom is 0.267 e. The Labute approximate surface area is 98.5 Å². The quantitative estimate of drug-likeness (QED) is 0.784. The highest BCUT2D eigenvalue weighted by Gasteiger charge is 2.19. The largest absolute Gasteiger partial charge is 0.506 e. The standard InChI is InChI=1S/C13H14N2O2/c16-12-8-4-3-7-11(12)15-10-6-2-1-5-9(10)13(17)14-15/h3-4,7-8,16H,1-2,5-6H2,(H,14,17). The summed E-state index contributed by atoms with van der Waals surface area (Å²) in [4.78, 5) is 11.8. The molecule has 4 heteroatoms. The van der Waals surface area contributed by atoms with Crippen molar-refractivity contribution in [2.75, 3.05) is 0 Å². The molecule has 1 aromatic carbocycles. The number of rotatable bonds is 1. The number of phenolic OH excluding ortho intramolecular Hbond substituents is 1. The van der Waals surface area contributed by atoms with Crippen LogP contribution in [0.5, 0.6) is 5.75 Å². The molecule has 0 spiro atoms. The number of benzene rings is 1. The number of H-pyrrole nitrogens is 1. The molecule has 88 valence electrons. The van der Waals surface area contributed by atoms with E-state index in [1.807, 2.05) is 6.07 Å². The lowest BCUT2D eigenvalue weighted by Crippen LogP contribution is -2.10. The number of fused-ring (bicyclic) bond motifs is 1. The van der Waals surface area contributed by atoms with Crippen molar-refractivity contribution in [3.63, 3.8) is 0 Å². The number of para-hydroxylation sites is 2. The second-order valence-corrected chi connectivity index (χ2v) is 4.40. The van der Waals surface area contributed by atoms with Crippen LogP contribution >= 0.6 is 0 Å². The zero-order chi connectivity index (χ0) is 11.8. The van der Waals surface area contributed by atoms with E-state index >= 15 is 0 Å². The van der Waals surface area contributed by atoms with Gasteiger partial charge in [0.25, 0.3) is 5.56 Å². The van der Waals surface area contributed by atoms with Gasteiger partial charge in [0.1, 0.15) is 11.4 Å². The number of phenols is 1. The van der Waals surface area contributed by atoms with Gasteiger partial charge in [-0.15, -0.1) is 0 Å². The first-order chi connectivity index (χ1) is 8.27. The van der Waals surface area contributed by atoms with E-state index in [-0.39, 0.29) is 11.3 Å². The minimum absolute atomic E-state index is 0.0250. The Balaban J connectivity index is 2.22. The van der Waals surface area contributed by atoms with Gasteiger partial charge in [0.05, 0.1) is 0 Å². The third kappa shape index (κ3) is 1.56.